The summed E-state index contributed by atoms with van der Waals surface area (Å²) in [6.07, 6.45) is 0.933. The molecule has 164 valence electrons. The van der Waals surface area contributed by atoms with Crippen molar-refractivity contribution in [3.05, 3.63) is 53.6 Å². The quantitative estimate of drug-likeness (QED) is 0.597. The van der Waals surface area contributed by atoms with Crippen molar-refractivity contribution in [3.8, 4) is 5.75 Å². The van der Waals surface area contributed by atoms with Crippen LogP contribution in [0.4, 0.5) is 5.69 Å². The van der Waals surface area contributed by atoms with E-state index in [1.807, 2.05) is 26.8 Å². The summed E-state index contributed by atoms with van der Waals surface area (Å²) in [6.45, 7) is 7.76. The van der Waals surface area contributed by atoms with Gasteiger partial charge in [0, 0.05) is 26.1 Å². The first-order chi connectivity index (χ1) is 14.1. The van der Waals surface area contributed by atoms with Crippen LogP contribution in [0.1, 0.15) is 37.8 Å². The number of hydrogen-bond acceptors (Lipinski definition) is 4. The molecule has 0 fully saturated rings. The lowest BCUT2D eigenvalue weighted by Crippen LogP contribution is -2.39. The Balaban J connectivity index is 2.41. The number of hydrogen-bond donors (Lipinski definition) is 0. The number of methoxy groups -OCH3 is 1. The molecular formula is C23H32N2O4S. The molecule has 0 aromatic heterocycles. The molecule has 2 aromatic carbocycles. The first-order valence-electron chi connectivity index (χ1n) is 10.1. The minimum absolute atomic E-state index is 0.0571. The molecule has 2 aromatic rings. The standard InChI is InChI=1S/C23H32N2O4S/c1-7-19(4)24(5)23(26)14-15-25(20-9-11-21(29-6)12-10-20)30(27,28)22-13-8-17(2)16-18(22)3/h8-13,16,19H,7,14-15H2,1-6H3. The highest BCUT2D eigenvalue weighted by Gasteiger charge is 2.28. The van der Waals surface area contributed by atoms with Crippen LogP contribution in [0.15, 0.2) is 47.4 Å². The van der Waals surface area contributed by atoms with E-state index in [1.54, 1.807) is 62.4 Å². The SMILES string of the molecule is CCC(C)N(C)C(=O)CCN(c1ccc(OC)cc1)S(=O)(=O)c1ccc(C)cc1C. The highest BCUT2D eigenvalue weighted by Crippen LogP contribution is 2.28. The summed E-state index contributed by atoms with van der Waals surface area (Å²) in [5.41, 5.74) is 2.17. The van der Waals surface area contributed by atoms with Crippen molar-refractivity contribution in [2.75, 3.05) is 25.0 Å². The van der Waals surface area contributed by atoms with Crippen LogP contribution in [0.25, 0.3) is 0 Å². The van der Waals surface area contributed by atoms with Gasteiger partial charge in [0.2, 0.25) is 5.91 Å². The summed E-state index contributed by atoms with van der Waals surface area (Å²) in [5, 5.41) is 0. The number of ether oxygens (including phenoxy) is 1. The van der Waals surface area contributed by atoms with Crippen molar-refractivity contribution >= 4 is 21.6 Å². The Morgan fingerprint density at radius 3 is 2.27 bits per heavy atom. The van der Waals surface area contributed by atoms with E-state index in [9.17, 15) is 13.2 Å². The van der Waals surface area contributed by atoms with Gasteiger partial charge >= 0.3 is 0 Å². The maximum absolute atomic E-state index is 13.6. The van der Waals surface area contributed by atoms with Crippen molar-refractivity contribution in [2.24, 2.45) is 0 Å². The fourth-order valence-electron chi connectivity index (χ4n) is 3.24. The monoisotopic (exact) mass is 432 g/mol. The minimum Gasteiger partial charge on any atom is -0.497 e. The molecule has 0 aliphatic carbocycles. The summed E-state index contributed by atoms with van der Waals surface area (Å²) in [6, 6.07) is 12.2. The number of amides is 1. The van der Waals surface area contributed by atoms with Crippen LogP contribution in [0.3, 0.4) is 0 Å². The van der Waals surface area contributed by atoms with E-state index >= 15 is 0 Å². The van der Waals surface area contributed by atoms with Gasteiger partial charge in [-0.15, -0.1) is 0 Å². The van der Waals surface area contributed by atoms with E-state index in [0.29, 0.717) is 17.0 Å². The second-order valence-corrected chi connectivity index (χ2v) is 9.39. The molecule has 7 heteroatoms. The maximum atomic E-state index is 13.6. The van der Waals surface area contributed by atoms with Crippen molar-refractivity contribution in [2.45, 2.75) is 51.5 Å². The molecule has 0 spiro atoms. The topological polar surface area (TPSA) is 66.9 Å². The predicted molar refractivity (Wildman–Crippen MR) is 121 cm³/mol. The number of carbonyl (C=O) groups excluding carboxylic acids is 1. The van der Waals surface area contributed by atoms with Gasteiger partial charge in [0.15, 0.2) is 0 Å². The van der Waals surface area contributed by atoms with Gasteiger partial charge in [0.05, 0.1) is 17.7 Å². The Labute approximate surface area is 180 Å². The molecule has 30 heavy (non-hydrogen) atoms. The summed E-state index contributed by atoms with van der Waals surface area (Å²) >= 11 is 0. The average molecular weight is 433 g/mol. The molecule has 0 bridgehead atoms. The minimum atomic E-state index is -3.85. The first kappa shape index (κ1) is 23.7. The summed E-state index contributed by atoms with van der Waals surface area (Å²) in [4.78, 5) is 14.6. The maximum Gasteiger partial charge on any atom is 0.264 e. The highest BCUT2D eigenvalue weighted by molar-refractivity contribution is 7.92. The van der Waals surface area contributed by atoms with Gasteiger partial charge in [-0.2, -0.15) is 0 Å². The van der Waals surface area contributed by atoms with E-state index in [0.717, 1.165) is 12.0 Å². The molecule has 0 aliphatic heterocycles. The van der Waals surface area contributed by atoms with Gasteiger partial charge in [0.25, 0.3) is 10.0 Å². The second-order valence-electron chi connectivity index (χ2n) is 7.56. The van der Waals surface area contributed by atoms with Crippen LogP contribution in [-0.4, -0.2) is 46.0 Å². The first-order valence-corrected chi connectivity index (χ1v) is 11.6. The molecule has 2 rings (SSSR count). The Bertz CT molecular complexity index is 971. The Morgan fingerprint density at radius 1 is 1.10 bits per heavy atom. The molecule has 0 N–H and O–H groups in total. The normalized spacial score (nSPS) is 12.3. The zero-order chi connectivity index (χ0) is 22.5. The number of aryl methyl sites for hydroxylation is 2. The number of anilines is 1. The van der Waals surface area contributed by atoms with E-state index < -0.39 is 10.0 Å². The lowest BCUT2D eigenvalue weighted by Gasteiger charge is -2.28. The zero-order valence-electron chi connectivity index (χ0n) is 18.7. The molecule has 0 saturated heterocycles. The van der Waals surface area contributed by atoms with E-state index in [4.69, 9.17) is 4.74 Å². The molecule has 1 unspecified atom stereocenters. The van der Waals surface area contributed by atoms with E-state index in [-0.39, 0.29) is 29.8 Å². The number of rotatable bonds is 9. The van der Waals surface area contributed by atoms with Crippen molar-refractivity contribution < 1.29 is 17.9 Å². The smallest absolute Gasteiger partial charge is 0.264 e. The van der Waals surface area contributed by atoms with Gasteiger partial charge in [-0.25, -0.2) is 8.42 Å². The van der Waals surface area contributed by atoms with Gasteiger partial charge in [0.1, 0.15) is 5.75 Å². The van der Waals surface area contributed by atoms with Gasteiger partial charge in [-0.1, -0.05) is 24.6 Å². The number of sulfonamides is 1. The van der Waals surface area contributed by atoms with E-state index in [2.05, 4.69) is 0 Å². The van der Waals surface area contributed by atoms with Gasteiger partial charge < -0.3 is 9.64 Å². The largest absolute Gasteiger partial charge is 0.497 e. The lowest BCUT2D eigenvalue weighted by molar-refractivity contribution is -0.131. The van der Waals surface area contributed by atoms with Crippen LogP contribution in [0.5, 0.6) is 5.75 Å². The molecule has 0 radical (unpaired) electrons. The lowest BCUT2D eigenvalue weighted by atomic mass is 10.2. The van der Waals surface area contributed by atoms with Crippen LogP contribution in [0, 0.1) is 13.8 Å². The molecule has 0 saturated carbocycles. The number of nitrogens with zero attached hydrogens (tertiary/aromatic N) is 2. The third kappa shape index (κ3) is 5.33. The second kappa shape index (κ2) is 9.98. The van der Waals surface area contributed by atoms with Crippen LogP contribution in [0.2, 0.25) is 0 Å². The summed E-state index contributed by atoms with van der Waals surface area (Å²) < 4.78 is 33.6. The number of benzene rings is 2. The highest BCUT2D eigenvalue weighted by atomic mass is 32.2. The van der Waals surface area contributed by atoms with Crippen molar-refractivity contribution in [1.29, 1.82) is 0 Å². The average Bonchev–Trinajstić information content (AvgIpc) is 2.72. The van der Waals surface area contributed by atoms with Gasteiger partial charge in [-0.3, -0.25) is 9.10 Å². The molecular weight excluding hydrogens is 400 g/mol. The Hall–Kier alpha value is -2.54. The molecule has 0 heterocycles. The summed E-state index contributed by atoms with van der Waals surface area (Å²) in [5.74, 6) is 0.550. The predicted octanol–water partition coefficient (Wildman–Crippen LogP) is 4.15. The van der Waals surface area contributed by atoms with E-state index in [1.165, 1.54) is 4.31 Å². The fraction of sp³-hybridized carbons (Fsp3) is 0.435. The third-order valence-corrected chi connectivity index (χ3v) is 7.42. The fourth-order valence-corrected chi connectivity index (χ4v) is 4.91. The van der Waals surface area contributed by atoms with Crippen LogP contribution in [-0.2, 0) is 14.8 Å². The van der Waals surface area contributed by atoms with Crippen molar-refractivity contribution in [3.63, 3.8) is 0 Å². The molecule has 1 amide bonds. The molecule has 1 atom stereocenters. The molecule has 6 nitrogen and oxygen atoms in total. The summed E-state index contributed by atoms with van der Waals surface area (Å²) in [7, 11) is -0.532. The third-order valence-electron chi connectivity index (χ3n) is 5.43. The van der Waals surface area contributed by atoms with Crippen molar-refractivity contribution in [1.82, 2.24) is 4.90 Å². The van der Waals surface area contributed by atoms with Crippen LogP contribution < -0.4 is 9.04 Å². The Kier molecular flexibility index (Phi) is 7.89. The Morgan fingerprint density at radius 2 is 1.73 bits per heavy atom. The zero-order valence-corrected chi connectivity index (χ0v) is 19.5. The van der Waals surface area contributed by atoms with Gasteiger partial charge in [-0.05, 0) is 63.1 Å². The van der Waals surface area contributed by atoms with Crippen LogP contribution >= 0.6 is 0 Å². The molecule has 0 aliphatic rings. The number of carbonyl (C=O) groups is 1.